The van der Waals surface area contributed by atoms with Crippen LogP contribution in [0.2, 0.25) is 0 Å². The highest BCUT2D eigenvalue weighted by molar-refractivity contribution is 5.87. The number of amides is 1. The van der Waals surface area contributed by atoms with Crippen LogP contribution in [0.25, 0.3) is 11.4 Å². The number of carbonyl (C=O) groups excluding carboxylic acids is 1. The van der Waals surface area contributed by atoms with E-state index in [0.717, 1.165) is 10.4 Å². The van der Waals surface area contributed by atoms with Crippen LogP contribution in [0.1, 0.15) is 11.1 Å². The summed E-state index contributed by atoms with van der Waals surface area (Å²) in [5.74, 6) is -0.209. The van der Waals surface area contributed by atoms with Gasteiger partial charge in [0.05, 0.1) is 6.21 Å². The molecule has 0 aliphatic rings. The molecule has 26 heavy (non-hydrogen) atoms. The minimum absolute atomic E-state index is 0.0485. The number of rotatable bonds is 5. The zero-order chi connectivity index (χ0) is 18.5. The van der Waals surface area contributed by atoms with Crippen LogP contribution in [0.5, 0.6) is 11.5 Å². The molecule has 0 unspecified atom stereocenters. The lowest BCUT2D eigenvalue weighted by Gasteiger charge is -2.04. The van der Waals surface area contributed by atoms with E-state index in [2.05, 4.69) is 25.9 Å². The van der Waals surface area contributed by atoms with Gasteiger partial charge in [0.1, 0.15) is 18.0 Å². The maximum atomic E-state index is 11.9. The summed E-state index contributed by atoms with van der Waals surface area (Å²) in [6.45, 7) is 1.55. The van der Waals surface area contributed by atoms with Gasteiger partial charge in [-0.2, -0.15) is 9.90 Å². The Labute approximate surface area is 148 Å². The summed E-state index contributed by atoms with van der Waals surface area (Å²) >= 11 is 0. The van der Waals surface area contributed by atoms with Gasteiger partial charge in [0.15, 0.2) is 0 Å². The van der Waals surface area contributed by atoms with Crippen LogP contribution in [-0.2, 0) is 11.3 Å². The second kappa shape index (κ2) is 7.43. The zero-order valence-corrected chi connectivity index (χ0v) is 13.9. The van der Waals surface area contributed by atoms with E-state index >= 15 is 0 Å². The number of nitrogens with zero attached hydrogens (tertiary/aromatic N) is 5. The molecule has 0 fully saturated rings. The smallest absolute Gasteiger partial charge is 0.263 e. The van der Waals surface area contributed by atoms with Crippen LogP contribution in [0, 0.1) is 6.92 Å². The molecule has 0 aliphatic carbocycles. The molecule has 9 heteroatoms. The molecule has 3 aromatic rings. The average Bonchev–Trinajstić information content (AvgIpc) is 3.06. The van der Waals surface area contributed by atoms with Gasteiger partial charge in [0, 0.05) is 17.2 Å². The number of aryl methyl sites for hydroxylation is 1. The maximum Gasteiger partial charge on any atom is 0.263 e. The highest BCUT2D eigenvalue weighted by Crippen LogP contribution is 2.24. The third-order valence-corrected chi connectivity index (χ3v) is 3.50. The van der Waals surface area contributed by atoms with Crippen molar-refractivity contribution >= 4 is 12.1 Å². The molecular formula is C17H16N6O3. The fourth-order valence-corrected chi connectivity index (χ4v) is 2.27. The topological polar surface area (TPSA) is 126 Å². The van der Waals surface area contributed by atoms with Gasteiger partial charge in [-0.25, -0.2) is 5.43 Å². The Morgan fingerprint density at radius 3 is 2.77 bits per heavy atom. The van der Waals surface area contributed by atoms with Gasteiger partial charge in [0.25, 0.3) is 5.91 Å². The SMILES string of the molecule is Cc1cc(O)cc(O)c1/C=N\NC(=O)Cn1nnc(-c2ccccc2)n1. The minimum atomic E-state index is -0.450. The maximum absolute atomic E-state index is 11.9. The van der Waals surface area contributed by atoms with Gasteiger partial charge >= 0.3 is 0 Å². The van der Waals surface area contributed by atoms with Crippen LogP contribution < -0.4 is 5.43 Å². The molecule has 3 N–H and O–H groups in total. The first kappa shape index (κ1) is 17.1. The van der Waals surface area contributed by atoms with Crippen molar-refractivity contribution in [3.63, 3.8) is 0 Å². The number of benzene rings is 2. The van der Waals surface area contributed by atoms with Crippen molar-refractivity contribution in [3.05, 3.63) is 53.6 Å². The molecule has 0 saturated heterocycles. The minimum Gasteiger partial charge on any atom is -0.508 e. The lowest BCUT2D eigenvalue weighted by Crippen LogP contribution is -2.24. The molecular weight excluding hydrogens is 336 g/mol. The first-order chi connectivity index (χ1) is 12.5. The number of carbonyl (C=O) groups is 1. The van der Waals surface area contributed by atoms with Crippen molar-refractivity contribution in [3.8, 4) is 22.9 Å². The Hall–Kier alpha value is -3.75. The van der Waals surface area contributed by atoms with E-state index in [9.17, 15) is 15.0 Å². The Balaban J connectivity index is 1.61. The summed E-state index contributed by atoms with van der Waals surface area (Å²) in [4.78, 5) is 13.1. The van der Waals surface area contributed by atoms with Gasteiger partial charge in [-0.15, -0.1) is 10.2 Å². The number of phenolic OH excluding ortho intramolecular Hbond substituents is 2. The molecule has 0 spiro atoms. The summed E-state index contributed by atoms with van der Waals surface area (Å²) in [5, 5.41) is 34.8. The standard InChI is InChI=1S/C17H16N6O3/c1-11-7-13(24)8-15(25)14(11)9-18-19-16(26)10-23-21-17(20-22-23)12-5-3-2-4-6-12/h2-9,24-25H,10H2,1H3,(H,19,26)/b18-9-. The summed E-state index contributed by atoms with van der Waals surface area (Å²) in [6, 6.07) is 12.0. The van der Waals surface area contributed by atoms with E-state index in [0.29, 0.717) is 17.0 Å². The predicted molar refractivity (Wildman–Crippen MR) is 93.5 cm³/mol. The summed E-state index contributed by atoms with van der Waals surface area (Å²) in [6.07, 6.45) is 1.30. The normalized spacial score (nSPS) is 11.0. The molecule has 0 aliphatic heterocycles. The predicted octanol–water partition coefficient (Wildman–Crippen LogP) is 1.21. The van der Waals surface area contributed by atoms with Crippen molar-refractivity contribution in [2.45, 2.75) is 13.5 Å². The van der Waals surface area contributed by atoms with E-state index in [4.69, 9.17) is 0 Å². The number of nitrogens with one attached hydrogen (secondary N) is 1. The van der Waals surface area contributed by atoms with Gasteiger partial charge in [0.2, 0.25) is 5.82 Å². The van der Waals surface area contributed by atoms with E-state index in [1.165, 1.54) is 18.3 Å². The van der Waals surface area contributed by atoms with Gasteiger partial charge in [-0.1, -0.05) is 30.3 Å². The van der Waals surface area contributed by atoms with Gasteiger partial charge in [-0.05, 0) is 23.8 Å². The molecule has 1 amide bonds. The summed E-state index contributed by atoms with van der Waals surface area (Å²) in [7, 11) is 0. The number of tetrazole rings is 1. The lowest BCUT2D eigenvalue weighted by molar-refractivity contribution is -0.122. The molecule has 0 atom stereocenters. The van der Waals surface area contributed by atoms with Crippen LogP contribution in [0.15, 0.2) is 47.6 Å². The summed E-state index contributed by atoms with van der Waals surface area (Å²) < 4.78 is 0. The number of hydrogen-bond acceptors (Lipinski definition) is 7. The molecule has 0 radical (unpaired) electrons. The quantitative estimate of drug-likeness (QED) is 0.468. The molecule has 2 aromatic carbocycles. The molecule has 9 nitrogen and oxygen atoms in total. The fraction of sp³-hybridized carbons (Fsp3) is 0.118. The van der Waals surface area contributed by atoms with E-state index in [-0.39, 0.29) is 18.0 Å². The highest BCUT2D eigenvalue weighted by atomic mass is 16.3. The number of aromatic hydroxyl groups is 2. The number of aromatic nitrogens is 4. The fourth-order valence-electron chi connectivity index (χ4n) is 2.27. The first-order valence-corrected chi connectivity index (χ1v) is 7.70. The molecule has 3 rings (SSSR count). The molecule has 1 heterocycles. The number of hydrazone groups is 1. The largest absolute Gasteiger partial charge is 0.508 e. The van der Waals surface area contributed by atoms with Crippen molar-refractivity contribution in [1.82, 2.24) is 25.6 Å². The Bertz CT molecular complexity index is 929. The van der Waals surface area contributed by atoms with Crippen LogP contribution in [-0.4, -0.2) is 42.5 Å². The highest BCUT2D eigenvalue weighted by Gasteiger charge is 2.09. The van der Waals surface area contributed by atoms with Crippen LogP contribution in [0.3, 0.4) is 0 Å². The van der Waals surface area contributed by atoms with Crippen molar-refractivity contribution in [2.24, 2.45) is 5.10 Å². The van der Waals surface area contributed by atoms with Crippen molar-refractivity contribution in [1.29, 1.82) is 0 Å². The molecule has 132 valence electrons. The Morgan fingerprint density at radius 2 is 2.04 bits per heavy atom. The van der Waals surface area contributed by atoms with E-state index < -0.39 is 5.91 Å². The van der Waals surface area contributed by atoms with Crippen molar-refractivity contribution < 1.29 is 15.0 Å². The van der Waals surface area contributed by atoms with E-state index in [1.54, 1.807) is 6.92 Å². The second-order valence-electron chi connectivity index (χ2n) is 5.50. The third kappa shape index (κ3) is 4.01. The van der Waals surface area contributed by atoms with Crippen LogP contribution >= 0.6 is 0 Å². The van der Waals surface area contributed by atoms with Crippen molar-refractivity contribution in [2.75, 3.05) is 0 Å². The summed E-state index contributed by atoms with van der Waals surface area (Å²) in [5.41, 5.74) is 4.14. The monoisotopic (exact) mass is 352 g/mol. The zero-order valence-electron chi connectivity index (χ0n) is 13.9. The van der Waals surface area contributed by atoms with Crippen LogP contribution in [0.4, 0.5) is 0 Å². The number of hydrogen-bond donors (Lipinski definition) is 3. The lowest BCUT2D eigenvalue weighted by atomic mass is 10.1. The number of phenols is 2. The average molecular weight is 352 g/mol. The molecule has 0 saturated carbocycles. The second-order valence-corrected chi connectivity index (χ2v) is 5.50. The Kier molecular flexibility index (Phi) is 4.88. The molecule has 1 aromatic heterocycles. The third-order valence-electron chi connectivity index (χ3n) is 3.50. The van der Waals surface area contributed by atoms with Gasteiger partial charge < -0.3 is 10.2 Å². The van der Waals surface area contributed by atoms with Gasteiger partial charge in [-0.3, -0.25) is 4.79 Å². The Morgan fingerprint density at radius 1 is 1.27 bits per heavy atom. The molecule has 0 bridgehead atoms. The first-order valence-electron chi connectivity index (χ1n) is 7.70. The van der Waals surface area contributed by atoms with E-state index in [1.807, 2.05) is 30.3 Å².